The third-order valence-corrected chi connectivity index (χ3v) is 3.76. The van der Waals surface area contributed by atoms with Crippen LogP contribution in [-0.4, -0.2) is 38.2 Å². The lowest BCUT2D eigenvalue weighted by Gasteiger charge is -2.10. The molecule has 0 aromatic carbocycles. The number of hydrogen-bond acceptors (Lipinski definition) is 5. The molecule has 1 aliphatic rings. The summed E-state index contributed by atoms with van der Waals surface area (Å²) in [5.74, 6) is 0.429. The van der Waals surface area contributed by atoms with Crippen molar-refractivity contribution in [3.8, 4) is 11.4 Å². The van der Waals surface area contributed by atoms with Crippen molar-refractivity contribution in [3.05, 3.63) is 42.9 Å². The van der Waals surface area contributed by atoms with E-state index in [0.717, 1.165) is 18.4 Å². The standard InChI is InChI=1S/C16H15N5O2/c22-16(13-6-3-9-23-13)18-12-5-2-8-21-15(12)19-14(20-21)11-4-1-7-17-10-11/h1-2,4-5,7-8,10,13H,3,6,9H2,(H,18,22). The second kappa shape index (κ2) is 5.77. The van der Waals surface area contributed by atoms with Crippen molar-refractivity contribution < 1.29 is 9.53 Å². The normalized spacial score (nSPS) is 17.5. The zero-order chi connectivity index (χ0) is 15.6. The summed E-state index contributed by atoms with van der Waals surface area (Å²) < 4.78 is 7.06. The number of nitrogens with zero attached hydrogens (tertiary/aromatic N) is 4. The van der Waals surface area contributed by atoms with Crippen LogP contribution in [0.15, 0.2) is 42.9 Å². The van der Waals surface area contributed by atoms with E-state index < -0.39 is 0 Å². The highest BCUT2D eigenvalue weighted by atomic mass is 16.5. The Morgan fingerprint density at radius 2 is 2.30 bits per heavy atom. The number of ether oxygens (including phenoxy) is 1. The van der Waals surface area contributed by atoms with Gasteiger partial charge < -0.3 is 10.1 Å². The van der Waals surface area contributed by atoms with Gasteiger partial charge >= 0.3 is 0 Å². The van der Waals surface area contributed by atoms with Gasteiger partial charge in [0.05, 0.1) is 5.69 Å². The molecule has 0 bridgehead atoms. The monoisotopic (exact) mass is 309 g/mol. The summed E-state index contributed by atoms with van der Waals surface area (Å²) in [5, 5.41) is 7.32. The van der Waals surface area contributed by atoms with Gasteiger partial charge in [-0.2, -0.15) is 0 Å². The molecule has 3 aromatic heterocycles. The van der Waals surface area contributed by atoms with Gasteiger partial charge in [-0.25, -0.2) is 9.50 Å². The minimum atomic E-state index is -0.379. The molecule has 1 fully saturated rings. The Labute approximate surface area is 132 Å². The van der Waals surface area contributed by atoms with Crippen molar-refractivity contribution in [2.45, 2.75) is 18.9 Å². The van der Waals surface area contributed by atoms with E-state index in [2.05, 4.69) is 20.4 Å². The molecular formula is C16H15N5O2. The SMILES string of the molecule is O=C(Nc1cccn2nc(-c3cccnc3)nc12)C1CCCO1. The molecule has 1 N–H and O–H groups in total. The molecule has 1 atom stereocenters. The number of hydrogen-bond donors (Lipinski definition) is 1. The lowest BCUT2D eigenvalue weighted by atomic mass is 10.2. The Bertz CT molecular complexity index is 840. The van der Waals surface area contributed by atoms with E-state index in [1.807, 2.05) is 24.3 Å². The lowest BCUT2D eigenvalue weighted by Crippen LogP contribution is -2.27. The first-order valence-electron chi connectivity index (χ1n) is 7.49. The minimum absolute atomic E-state index is 0.137. The molecular weight excluding hydrogens is 294 g/mol. The van der Waals surface area contributed by atoms with E-state index >= 15 is 0 Å². The second-order valence-electron chi connectivity index (χ2n) is 5.36. The molecule has 0 saturated carbocycles. The molecule has 7 heteroatoms. The summed E-state index contributed by atoms with van der Waals surface area (Å²) in [6, 6.07) is 7.36. The van der Waals surface area contributed by atoms with Crippen molar-refractivity contribution in [2.24, 2.45) is 0 Å². The Balaban J connectivity index is 1.67. The highest BCUT2D eigenvalue weighted by molar-refractivity contribution is 5.97. The molecule has 0 radical (unpaired) electrons. The smallest absolute Gasteiger partial charge is 0.253 e. The van der Waals surface area contributed by atoms with Gasteiger partial charge in [0.2, 0.25) is 0 Å². The average Bonchev–Trinajstić information content (AvgIpc) is 3.26. The van der Waals surface area contributed by atoms with Crippen LogP contribution in [0.4, 0.5) is 5.69 Å². The van der Waals surface area contributed by atoms with Gasteiger partial charge in [0.25, 0.3) is 5.91 Å². The second-order valence-corrected chi connectivity index (χ2v) is 5.36. The number of fused-ring (bicyclic) bond motifs is 1. The lowest BCUT2D eigenvalue weighted by molar-refractivity contribution is -0.124. The van der Waals surface area contributed by atoms with Crippen LogP contribution < -0.4 is 5.32 Å². The van der Waals surface area contributed by atoms with Crippen LogP contribution in [0.3, 0.4) is 0 Å². The van der Waals surface area contributed by atoms with E-state index in [4.69, 9.17) is 4.74 Å². The van der Waals surface area contributed by atoms with Gasteiger partial charge in [0.15, 0.2) is 11.5 Å². The Kier molecular flexibility index (Phi) is 3.47. The maximum absolute atomic E-state index is 12.2. The number of amides is 1. The van der Waals surface area contributed by atoms with Crippen LogP contribution >= 0.6 is 0 Å². The summed E-state index contributed by atoms with van der Waals surface area (Å²) in [7, 11) is 0. The van der Waals surface area contributed by atoms with Crippen LogP contribution in [0.2, 0.25) is 0 Å². The summed E-state index contributed by atoms with van der Waals surface area (Å²) in [5.41, 5.74) is 2.04. The maximum atomic E-state index is 12.2. The van der Waals surface area contributed by atoms with E-state index in [1.54, 1.807) is 23.1 Å². The molecule has 1 unspecified atom stereocenters. The van der Waals surface area contributed by atoms with E-state index in [-0.39, 0.29) is 12.0 Å². The van der Waals surface area contributed by atoms with Crippen molar-refractivity contribution in [2.75, 3.05) is 11.9 Å². The van der Waals surface area contributed by atoms with Gasteiger partial charge in [0.1, 0.15) is 6.10 Å². The summed E-state index contributed by atoms with van der Waals surface area (Å²) in [6.07, 6.45) is 6.49. The molecule has 1 saturated heterocycles. The molecule has 4 rings (SSSR count). The van der Waals surface area contributed by atoms with E-state index in [0.29, 0.717) is 23.8 Å². The van der Waals surface area contributed by atoms with Crippen LogP contribution in [0, 0.1) is 0 Å². The van der Waals surface area contributed by atoms with Gasteiger partial charge in [-0.05, 0) is 37.1 Å². The molecule has 1 amide bonds. The molecule has 1 aliphatic heterocycles. The summed E-state index contributed by atoms with van der Waals surface area (Å²) >= 11 is 0. The fraction of sp³-hybridized carbons (Fsp3) is 0.250. The number of rotatable bonds is 3. The molecule has 3 aromatic rings. The van der Waals surface area contributed by atoms with Crippen LogP contribution in [-0.2, 0) is 9.53 Å². The Morgan fingerprint density at radius 3 is 3.09 bits per heavy atom. The first kappa shape index (κ1) is 13.8. The number of anilines is 1. The Hall–Kier alpha value is -2.80. The summed E-state index contributed by atoms with van der Waals surface area (Å²) in [4.78, 5) is 20.8. The molecule has 0 spiro atoms. The predicted octanol–water partition coefficient (Wildman–Crippen LogP) is 1.91. The van der Waals surface area contributed by atoms with Crippen molar-refractivity contribution in [1.82, 2.24) is 19.6 Å². The molecule has 0 aliphatic carbocycles. The molecule has 7 nitrogen and oxygen atoms in total. The molecule has 23 heavy (non-hydrogen) atoms. The highest BCUT2D eigenvalue weighted by Gasteiger charge is 2.24. The number of aromatic nitrogens is 4. The third-order valence-electron chi connectivity index (χ3n) is 3.76. The van der Waals surface area contributed by atoms with Gasteiger partial charge in [-0.15, -0.1) is 5.10 Å². The van der Waals surface area contributed by atoms with Crippen LogP contribution in [0.25, 0.3) is 17.0 Å². The van der Waals surface area contributed by atoms with Crippen molar-refractivity contribution in [3.63, 3.8) is 0 Å². The third kappa shape index (κ3) is 2.66. The minimum Gasteiger partial charge on any atom is -0.368 e. The van der Waals surface area contributed by atoms with Crippen molar-refractivity contribution in [1.29, 1.82) is 0 Å². The van der Waals surface area contributed by atoms with Gasteiger partial charge in [-0.1, -0.05) is 0 Å². The van der Waals surface area contributed by atoms with Crippen LogP contribution in [0.1, 0.15) is 12.8 Å². The van der Waals surface area contributed by atoms with Crippen molar-refractivity contribution >= 4 is 17.2 Å². The zero-order valence-corrected chi connectivity index (χ0v) is 12.3. The predicted molar refractivity (Wildman–Crippen MR) is 83.8 cm³/mol. The molecule has 4 heterocycles. The topological polar surface area (TPSA) is 81.4 Å². The highest BCUT2D eigenvalue weighted by Crippen LogP contribution is 2.21. The number of carbonyl (C=O) groups excluding carboxylic acids is 1. The van der Waals surface area contributed by atoms with Crippen LogP contribution in [0.5, 0.6) is 0 Å². The maximum Gasteiger partial charge on any atom is 0.253 e. The van der Waals surface area contributed by atoms with E-state index in [9.17, 15) is 4.79 Å². The number of pyridine rings is 2. The zero-order valence-electron chi connectivity index (χ0n) is 12.3. The quantitative estimate of drug-likeness (QED) is 0.799. The van der Waals surface area contributed by atoms with Gasteiger partial charge in [0, 0.05) is 30.8 Å². The average molecular weight is 309 g/mol. The Morgan fingerprint density at radius 1 is 1.35 bits per heavy atom. The number of nitrogens with one attached hydrogen (secondary N) is 1. The summed E-state index contributed by atoms with van der Waals surface area (Å²) in [6.45, 7) is 0.637. The first-order chi connectivity index (χ1) is 11.3. The first-order valence-corrected chi connectivity index (χ1v) is 7.49. The largest absolute Gasteiger partial charge is 0.368 e. The number of carbonyl (C=O) groups is 1. The van der Waals surface area contributed by atoms with E-state index in [1.165, 1.54) is 0 Å². The van der Waals surface area contributed by atoms with Gasteiger partial charge in [-0.3, -0.25) is 9.78 Å². The fourth-order valence-electron chi connectivity index (χ4n) is 2.62. The fourth-order valence-corrected chi connectivity index (χ4v) is 2.62. The molecule has 116 valence electrons.